The highest BCUT2D eigenvalue weighted by Gasteiger charge is 2.33. The van der Waals surface area contributed by atoms with Crippen molar-refractivity contribution in [3.05, 3.63) is 41.7 Å². The van der Waals surface area contributed by atoms with Crippen molar-refractivity contribution in [3.63, 3.8) is 0 Å². The van der Waals surface area contributed by atoms with Gasteiger partial charge in [0.1, 0.15) is 12.1 Å². The summed E-state index contributed by atoms with van der Waals surface area (Å²) in [6.45, 7) is 1.26. The van der Waals surface area contributed by atoms with Crippen molar-refractivity contribution in [2.45, 2.75) is 18.6 Å². The second-order valence-electron chi connectivity index (χ2n) is 5.33. The summed E-state index contributed by atoms with van der Waals surface area (Å²) in [5.41, 5.74) is 0. The van der Waals surface area contributed by atoms with Crippen LogP contribution in [0.25, 0.3) is 0 Å². The van der Waals surface area contributed by atoms with Crippen LogP contribution in [-0.2, 0) is 4.74 Å². The fraction of sp³-hybridized carbons (Fsp3) is 0.400. The van der Waals surface area contributed by atoms with Crippen molar-refractivity contribution in [2.75, 3.05) is 30.4 Å². The average molecular weight is 338 g/mol. The highest BCUT2D eigenvalue weighted by Crippen LogP contribution is 2.25. The summed E-state index contributed by atoms with van der Waals surface area (Å²) in [7, 11) is 1.69. The lowest BCUT2D eigenvalue weighted by Crippen LogP contribution is -2.35. The van der Waals surface area contributed by atoms with Crippen molar-refractivity contribution in [1.29, 1.82) is 0 Å². The minimum atomic E-state index is -0.465. The molecule has 0 saturated carbocycles. The van der Waals surface area contributed by atoms with E-state index in [9.17, 15) is 4.39 Å². The molecule has 3 rings (SSSR count). The van der Waals surface area contributed by atoms with Crippen molar-refractivity contribution >= 4 is 23.2 Å². The third-order valence-corrected chi connectivity index (χ3v) is 4.09. The van der Waals surface area contributed by atoms with Crippen LogP contribution >= 0.6 is 11.6 Å². The molecule has 1 N–H and O–H groups in total. The average Bonchev–Trinajstić information content (AvgIpc) is 2.98. The normalized spacial score (nSPS) is 20.7. The Hall–Kier alpha value is -1.99. The Kier molecular flexibility index (Phi) is 4.88. The Balaban J connectivity index is 1.71. The van der Waals surface area contributed by atoms with Gasteiger partial charge in [-0.2, -0.15) is 0 Å². The minimum Gasteiger partial charge on any atom is -0.380 e. The number of hydrogen-bond acceptors (Lipinski definition) is 6. The molecule has 23 heavy (non-hydrogen) atoms. The molecule has 0 bridgehead atoms. The molecule has 2 aromatic heterocycles. The van der Waals surface area contributed by atoms with E-state index in [2.05, 4.69) is 25.2 Å². The van der Waals surface area contributed by atoms with Gasteiger partial charge in [-0.1, -0.05) is 11.6 Å². The highest BCUT2D eigenvalue weighted by atomic mass is 35.5. The van der Waals surface area contributed by atoms with E-state index < -0.39 is 5.82 Å². The van der Waals surface area contributed by atoms with Gasteiger partial charge < -0.3 is 15.0 Å². The van der Waals surface area contributed by atoms with Gasteiger partial charge in [0, 0.05) is 32.6 Å². The summed E-state index contributed by atoms with van der Waals surface area (Å²) in [6, 6.07) is 3.21. The zero-order valence-corrected chi connectivity index (χ0v) is 13.4. The zero-order chi connectivity index (χ0) is 16.2. The van der Waals surface area contributed by atoms with E-state index in [1.165, 1.54) is 18.6 Å². The molecule has 0 amide bonds. The van der Waals surface area contributed by atoms with E-state index >= 15 is 0 Å². The molecule has 8 heteroatoms. The number of rotatable bonds is 5. The number of ether oxygens (including phenoxy) is 1. The van der Waals surface area contributed by atoms with E-state index in [-0.39, 0.29) is 23.0 Å². The molecule has 0 aromatic carbocycles. The number of nitrogens with one attached hydrogen (secondary N) is 1. The number of aromatic nitrogens is 3. The molecule has 3 heterocycles. The van der Waals surface area contributed by atoms with Crippen LogP contribution in [0.5, 0.6) is 0 Å². The molecule has 2 atom stereocenters. The van der Waals surface area contributed by atoms with E-state index in [1.54, 1.807) is 13.3 Å². The highest BCUT2D eigenvalue weighted by molar-refractivity contribution is 6.30. The fourth-order valence-electron chi connectivity index (χ4n) is 2.73. The smallest absolute Gasteiger partial charge is 0.166 e. The van der Waals surface area contributed by atoms with Gasteiger partial charge >= 0.3 is 0 Å². The molecule has 2 aromatic rings. The Morgan fingerprint density at radius 2 is 2.35 bits per heavy atom. The monoisotopic (exact) mass is 337 g/mol. The van der Waals surface area contributed by atoms with Crippen molar-refractivity contribution in [3.8, 4) is 0 Å². The molecule has 0 spiro atoms. The van der Waals surface area contributed by atoms with Crippen molar-refractivity contribution < 1.29 is 9.13 Å². The van der Waals surface area contributed by atoms with E-state index in [0.29, 0.717) is 6.54 Å². The van der Waals surface area contributed by atoms with Crippen LogP contribution in [0.15, 0.2) is 30.9 Å². The summed E-state index contributed by atoms with van der Waals surface area (Å²) >= 11 is 5.72. The second kappa shape index (κ2) is 7.06. The van der Waals surface area contributed by atoms with Crippen molar-refractivity contribution in [2.24, 2.45) is 0 Å². The lowest BCUT2D eigenvalue weighted by atomic mass is 10.2. The van der Waals surface area contributed by atoms with Gasteiger partial charge in [-0.15, -0.1) is 0 Å². The summed E-state index contributed by atoms with van der Waals surface area (Å²) < 4.78 is 19.3. The molecule has 122 valence electrons. The molecule has 1 aliphatic heterocycles. The first kappa shape index (κ1) is 15.9. The number of halogens is 2. The zero-order valence-electron chi connectivity index (χ0n) is 12.6. The van der Waals surface area contributed by atoms with Gasteiger partial charge in [-0.3, -0.25) is 0 Å². The van der Waals surface area contributed by atoms with Gasteiger partial charge in [0.05, 0.1) is 17.2 Å². The van der Waals surface area contributed by atoms with E-state index in [0.717, 1.165) is 18.8 Å². The Labute approximate surface area is 138 Å². The molecule has 0 aliphatic carbocycles. The van der Waals surface area contributed by atoms with Gasteiger partial charge in [0.25, 0.3) is 0 Å². The maximum atomic E-state index is 13.8. The number of hydrogen-bond donors (Lipinski definition) is 1. The predicted molar refractivity (Wildman–Crippen MR) is 86.3 cm³/mol. The lowest BCUT2D eigenvalue weighted by Gasteiger charge is -2.25. The Morgan fingerprint density at radius 1 is 1.48 bits per heavy atom. The van der Waals surface area contributed by atoms with Gasteiger partial charge in [0.2, 0.25) is 0 Å². The van der Waals surface area contributed by atoms with E-state index in [4.69, 9.17) is 16.3 Å². The predicted octanol–water partition coefficient (Wildman–Crippen LogP) is 2.37. The summed E-state index contributed by atoms with van der Waals surface area (Å²) in [5.74, 6) is 0.557. The summed E-state index contributed by atoms with van der Waals surface area (Å²) in [4.78, 5) is 14.3. The number of pyridine rings is 1. The first-order valence-electron chi connectivity index (χ1n) is 7.27. The molecule has 6 nitrogen and oxygen atoms in total. The van der Waals surface area contributed by atoms with Gasteiger partial charge in [-0.25, -0.2) is 19.3 Å². The maximum absolute atomic E-state index is 13.8. The number of anilines is 2. The molecule has 0 radical (unpaired) electrons. The first-order valence-corrected chi connectivity index (χ1v) is 7.65. The van der Waals surface area contributed by atoms with Crippen LogP contribution in [-0.4, -0.2) is 47.3 Å². The standard InChI is InChI=1S/C15H17ClFN5O/c1-23-12-5-11(22(8-12)14-2-3-18-9-21-14)7-20-15-13(17)4-10(16)6-19-15/h2-4,6,9,11-12H,5,7-8H2,1H3,(H,19,20)/t11-,12-/m1/s1. The van der Waals surface area contributed by atoms with Crippen LogP contribution in [0.1, 0.15) is 6.42 Å². The molecule has 1 aliphatic rings. The SMILES string of the molecule is CO[C@@H]1C[C@H](CNc2ncc(Cl)cc2F)N(c2ccncn2)C1. The molecular formula is C15H17ClFN5O. The summed E-state index contributed by atoms with van der Waals surface area (Å²) in [5, 5.41) is 3.32. The van der Waals surface area contributed by atoms with Crippen LogP contribution in [0.4, 0.5) is 16.0 Å². The summed E-state index contributed by atoms with van der Waals surface area (Å²) in [6.07, 6.45) is 5.57. The molecule has 0 unspecified atom stereocenters. The molecule has 1 fully saturated rings. The molecule has 1 saturated heterocycles. The third-order valence-electron chi connectivity index (χ3n) is 3.88. The quantitative estimate of drug-likeness (QED) is 0.903. The van der Waals surface area contributed by atoms with Crippen LogP contribution in [0.3, 0.4) is 0 Å². The maximum Gasteiger partial charge on any atom is 0.166 e. The number of nitrogens with zero attached hydrogens (tertiary/aromatic N) is 4. The fourth-order valence-corrected chi connectivity index (χ4v) is 2.88. The Bertz CT molecular complexity index is 660. The third kappa shape index (κ3) is 3.68. The van der Waals surface area contributed by atoms with Gasteiger partial charge in [0.15, 0.2) is 11.6 Å². The van der Waals surface area contributed by atoms with Gasteiger partial charge in [-0.05, 0) is 18.6 Å². The van der Waals surface area contributed by atoms with Crippen LogP contribution in [0.2, 0.25) is 5.02 Å². The topological polar surface area (TPSA) is 63.2 Å². The minimum absolute atomic E-state index is 0.111. The molecular weight excluding hydrogens is 321 g/mol. The van der Waals surface area contributed by atoms with Crippen LogP contribution < -0.4 is 10.2 Å². The lowest BCUT2D eigenvalue weighted by molar-refractivity contribution is 0.118. The largest absolute Gasteiger partial charge is 0.380 e. The van der Waals surface area contributed by atoms with Crippen LogP contribution in [0, 0.1) is 5.82 Å². The van der Waals surface area contributed by atoms with E-state index in [1.807, 2.05) is 6.07 Å². The Morgan fingerprint density at radius 3 is 3.04 bits per heavy atom. The first-order chi connectivity index (χ1) is 11.2. The number of methoxy groups -OCH3 is 1. The van der Waals surface area contributed by atoms with Crippen molar-refractivity contribution in [1.82, 2.24) is 15.0 Å². The second-order valence-corrected chi connectivity index (χ2v) is 5.77.